The van der Waals surface area contributed by atoms with Gasteiger partial charge in [-0.3, -0.25) is 4.68 Å². The summed E-state index contributed by atoms with van der Waals surface area (Å²) in [7, 11) is 0. The van der Waals surface area contributed by atoms with Crippen molar-refractivity contribution < 1.29 is 14.3 Å². The molecule has 2 heterocycles. The molecule has 0 saturated carbocycles. The minimum absolute atomic E-state index is 0.0386. The van der Waals surface area contributed by atoms with Crippen LogP contribution in [0.1, 0.15) is 28.2 Å². The number of rotatable bonds is 6. The van der Waals surface area contributed by atoms with Crippen LogP contribution >= 0.6 is 0 Å². The van der Waals surface area contributed by atoms with Crippen LogP contribution in [0.5, 0.6) is 0 Å². The Labute approximate surface area is 121 Å². The van der Waals surface area contributed by atoms with E-state index in [2.05, 4.69) is 15.4 Å². The average molecular weight is 292 g/mol. The molecule has 0 saturated heterocycles. The molecule has 0 aliphatic heterocycles. The van der Waals surface area contributed by atoms with Gasteiger partial charge >= 0.3 is 5.97 Å². The van der Waals surface area contributed by atoms with Crippen molar-refractivity contribution in [2.24, 2.45) is 0 Å². The highest BCUT2D eigenvalue weighted by molar-refractivity contribution is 5.88. The molecule has 0 fully saturated rings. The van der Waals surface area contributed by atoms with Crippen LogP contribution in [0.3, 0.4) is 0 Å². The molecule has 7 heteroatoms. The summed E-state index contributed by atoms with van der Waals surface area (Å²) in [6.07, 6.45) is 2.00. The summed E-state index contributed by atoms with van der Waals surface area (Å²) in [6, 6.07) is 3.13. The summed E-state index contributed by atoms with van der Waals surface area (Å²) >= 11 is 0. The Kier molecular flexibility index (Phi) is 4.52. The van der Waals surface area contributed by atoms with E-state index in [4.69, 9.17) is 5.11 Å². The lowest BCUT2D eigenvalue weighted by atomic mass is 10.2. The van der Waals surface area contributed by atoms with Gasteiger partial charge in [0.2, 0.25) is 0 Å². The molecule has 6 nitrogen and oxygen atoms in total. The number of anilines is 1. The van der Waals surface area contributed by atoms with Crippen molar-refractivity contribution in [3.05, 3.63) is 41.1 Å². The first kappa shape index (κ1) is 15.0. The lowest BCUT2D eigenvalue weighted by Gasteiger charge is -2.08. The predicted octanol–water partition coefficient (Wildman–Crippen LogP) is 2.23. The number of hydrogen-bond acceptors (Lipinski definition) is 4. The number of carboxylic acid groups (broad SMARTS) is 1. The molecule has 2 N–H and O–H groups in total. The van der Waals surface area contributed by atoms with E-state index >= 15 is 0 Å². The molecule has 0 spiro atoms. The maximum Gasteiger partial charge on any atom is 0.338 e. The average Bonchev–Trinajstić information content (AvgIpc) is 2.74. The van der Waals surface area contributed by atoms with Crippen LogP contribution in [0.25, 0.3) is 0 Å². The Morgan fingerprint density at radius 1 is 1.48 bits per heavy atom. The molecule has 0 unspecified atom stereocenters. The zero-order valence-corrected chi connectivity index (χ0v) is 11.9. The van der Waals surface area contributed by atoms with Crippen LogP contribution < -0.4 is 5.32 Å². The summed E-state index contributed by atoms with van der Waals surface area (Å²) in [5.41, 5.74) is 1.65. The van der Waals surface area contributed by atoms with Crippen molar-refractivity contribution in [2.45, 2.75) is 26.8 Å². The second kappa shape index (κ2) is 6.34. The maximum absolute atomic E-state index is 13.8. The van der Waals surface area contributed by atoms with E-state index in [1.54, 1.807) is 0 Å². The molecule has 21 heavy (non-hydrogen) atoms. The maximum atomic E-state index is 13.8. The number of hydrogen-bond donors (Lipinski definition) is 2. The number of nitrogens with one attached hydrogen (secondary N) is 1. The fourth-order valence-corrected chi connectivity index (χ4v) is 2.07. The first-order valence-electron chi connectivity index (χ1n) is 6.61. The Morgan fingerprint density at radius 2 is 2.24 bits per heavy atom. The monoisotopic (exact) mass is 292 g/mol. The molecular formula is C14H17FN4O2. The third-order valence-electron chi connectivity index (χ3n) is 3.06. The van der Waals surface area contributed by atoms with Gasteiger partial charge in [0.15, 0.2) is 11.6 Å². The fourth-order valence-electron chi connectivity index (χ4n) is 2.07. The van der Waals surface area contributed by atoms with E-state index in [1.807, 2.05) is 24.6 Å². The molecule has 0 aliphatic carbocycles. The van der Waals surface area contributed by atoms with Gasteiger partial charge in [0.1, 0.15) is 5.56 Å². The van der Waals surface area contributed by atoms with Crippen molar-refractivity contribution in [1.82, 2.24) is 14.8 Å². The van der Waals surface area contributed by atoms with E-state index in [0.29, 0.717) is 13.1 Å². The Hall–Kier alpha value is -2.44. The summed E-state index contributed by atoms with van der Waals surface area (Å²) in [5, 5.41) is 16.0. The second-order valence-electron chi connectivity index (χ2n) is 4.76. The molecule has 0 bridgehead atoms. The van der Waals surface area contributed by atoms with Gasteiger partial charge in [0.05, 0.1) is 5.69 Å². The van der Waals surface area contributed by atoms with Crippen molar-refractivity contribution >= 4 is 11.8 Å². The number of pyridine rings is 1. The second-order valence-corrected chi connectivity index (χ2v) is 4.76. The van der Waals surface area contributed by atoms with Gasteiger partial charge in [0.25, 0.3) is 0 Å². The predicted molar refractivity (Wildman–Crippen MR) is 76.0 cm³/mol. The minimum Gasteiger partial charge on any atom is -0.478 e. The molecular weight excluding hydrogens is 275 g/mol. The highest BCUT2D eigenvalue weighted by Crippen LogP contribution is 2.15. The minimum atomic E-state index is -1.31. The number of carbonyl (C=O) groups is 1. The molecule has 0 aliphatic rings. The summed E-state index contributed by atoms with van der Waals surface area (Å²) in [6.45, 7) is 5.09. The molecule has 2 rings (SSSR count). The Bertz CT molecular complexity index is 654. The van der Waals surface area contributed by atoms with Gasteiger partial charge in [-0.05, 0) is 32.4 Å². The summed E-state index contributed by atoms with van der Waals surface area (Å²) in [5.74, 6) is -2.18. The van der Waals surface area contributed by atoms with Crippen LogP contribution in [-0.2, 0) is 6.54 Å². The highest BCUT2D eigenvalue weighted by Gasteiger charge is 2.14. The fraction of sp³-hybridized carbons (Fsp3) is 0.357. The first-order chi connectivity index (χ1) is 9.99. The highest BCUT2D eigenvalue weighted by atomic mass is 19.1. The normalized spacial score (nSPS) is 10.6. The SMILES string of the molecule is Cc1cc(C)n(CCCNc2nccc(C(=O)O)c2F)n1. The number of aromatic nitrogens is 3. The molecule has 2 aromatic heterocycles. The van der Waals surface area contributed by atoms with Gasteiger partial charge in [0, 0.05) is 25.0 Å². The zero-order valence-electron chi connectivity index (χ0n) is 11.9. The molecule has 0 amide bonds. The van der Waals surface area contributed by atoms with Crippen molar-refractivity contribution in [1.29, 1.82) is 0 Å². The van der Waals surface area contributed by atoms with Crippen LogP contribution in [0, 0.1) is 19.7 Å². The number of nitrogens with zero attached hydrogens (tertiary/aromatic N) is 3. The van der Waals surface area contributed by atoms with Gasteiger partial charge in [-0.1, -0.05) is 0 Å². The van der Waals surface area contributed by atoms with E-state index in [0.717, 1.165) is 23.9 Å². The number of halogens is 1. The third-order valence-corrected chi connectivity index (χ3v) is 3.06. The Balaban J connectivity index is 1.91. The van der Waals surface area contributed by atoms with Gasteiger partial charge in [-0.2, -0.15) is 5.10 Å². The Morgan fingerprint density at radius 3 is 2.86 bits per heavy atom. The van der Waals surface area contributed by atoms with E-state index in [-0.39, 0.29) is 11.4 Å². The smallest absolute Gasteiger partial charge is 0.338 e. The van der Waals surface area contributed by atoms with E-state index in [1.165, 1.54) is 6.20 Å². The summed E-state index contributed by atoms with van der Waals surface area (Å²) in [4.78, 5) is 14.6. The number of aromatic carboxylic acids is 1. The first-order valence-corrected chi connectivity index (χ1v) is 6.61. The van der Waals surface area contributed by atoms with E-state index < -0.39 is 11.8 Å². The lowest BCUT2D eigenvalue weighted by molar-refractivity contribution is 0.0692. The standard InChI is InChI=1S/C14H17FN4O2/c1-9-8-10(2)19(18-9)7-3-5-16-13-12(15)11(14(20)21)4-6-17-13/h4,6,8H,3,5,7H2,1-2H3,(H,16,17)(H,20,21). The van der Waals surface area contributed by atoms with Crippen molar-refractivity contribution in [3.8, 4) is 0 Å². The van der Waals surface area contributed by atoms with E-state index in [9.17, 15) is 9.18 Å². The molecule has 0 atom stereocenters. The van der Waals surface area contributed by atoms with Gasteiger partial charge in [-0.25, -0.2) is 14.2 Å². The topological polar surface area (TPSA) is 80.0 Å². The zero-order chi connectivity index (χ0) is 15.4. The molecule has 0 radical (unpaired) electrons. The van der Waals surface area contributed by atoms with Crippen molar-refractivity contribution in [2.75, 3.05) is 11.9 Å². The largest absolute Gasteiger partial charge is 0.478 e. The van der Waals surface area contributed by atoms with Crippen LogP contribution in [0.15, 0.2) is 18.3 Å². The van der Waals surface area contributed by atoms with Gasteiger partial charge < -0.3 is 10.4 Å². The van der Waals surface area contributed by atoms with Gasteiger partial charge in [-0.15, -0.1) is 0 Å². The quantitative estimate of drug-likeness (QED) is 0.798. The molecule has 2 aromatic rings. The van der Waals surface area contributed by atoms with Crippen molar-refractivity contribution in [3.63, 3.8) is 0 Å². The third kappa shape index (κ3) is 3.56. The number of aryl methyl sites for hydroxylation is 3. The summed E-state index contributed by atoms with van der Waals surface area (Å²) < 4.78 is 15.7. The molecule has 0 aromatic carbocycles. The van der Waals surface area contributed by atoms with Crippen LogP contribution in [0.4, 0.5) is 10.2 Å². The van der Waals surface area contributed by atoms with Crippen LogP contribution in [-0.4, -0.2) is 32.4 Å². The lowest BCUT2D eigenvalue weighted by Crippen LogP contribution is -2.12. The van der Waals surface area contributed by atoms with Crippen LogP contribution in [0.2, 0.25) is 0 Å². The molecule has 112 valence electrons. The number of carboxylic acids is 1.